The molecule has 1 heterocycles. The molecular weight excluding hydrogens is 312 g/mol. The molecule has 7 heteroatoms. The van der Waals surface area contributed by atoms with Gasteiger partial charge in [0.05, 0.1) is 11.2 Å². The van der Waals surface area contributed by atoms with Crippen LogP contribution in [0.2, 0.25) is 0 Å². The third-order valence-electron chi connectivity index (χ3n) is 2.51. The molecule has 19 heavy (non-hydrogen) atoms. The predicted molar refractivity (Wildman–Crippen MR) is 76.5 cm³/mol. The molecule has 0 aliphatic rings. The molecule has 0 saturated heterocycles. The molecule has 0 fully saturated rings. The molecule has 2 rings (SSSR count). The number of nitrogens with zero attached hydrogens (tertiary/aromatic N) is 2. The summed E-state index contributed by atoms with van der Waals surface area (Å²) in [5.74, 6) is 0.659. The van der Waals surface area contributed by atoms with Crippen molar-refractivity contribution in [1.29, 1.82) is 0 Å². The number of halogens is 1. The minimum absolute atomic E-state index is 0.310. The summed E-state index contributed by atoms with van der Waals surface area (Å²) in [6.45, 7) is 2.63. The average molecular weight is 325 g/mol. The topological polar surface area (TPSA) is 87.1 Å². The van der Waals surface area contributed by atoms with Crippen LogP contribution in [0.4, 0.5) is 10.6 Å². The van der Waals surface area contributed by atoms with Crippen LogP contribution in [0.3, 0.4) is 0 Å². The molecule has 1 amide bonds. The van der Waals surface area contributed by atoms with E-state index in [0.717, 1.165) is 21.2 Å². The summed E-state index contributed by atoms with van der Waals surface area (Å²) in [6.07, 6.45) is -1.04. The number of hydrogen-bond acceptors (Lipinski definition) is 4. The highest BCUT2D eigenvalue weighted by Gasteiger charge is 2.07. The van der Waals surface area contributed by atoms with Gasteiger partial charge in [-0.05, 0) is 35.0 Å². The van der Waals surface area contributed by atoms with Crippen LogP contribution in [0.1, 0.15) is 5.69 Å². The first-order valence-corrected chi connectivity index (χ1v) is 6.51. The summed E-state index contributed by atoms with van der Waals surface area (Å²) in [4.78, 5) is 19.3. The van der Waals surface area contributed by atoms with Gasteiger partial charge in [0.2, 0.25) is 0 Å². The number of nitrogens with one attached hydrogen (secondary N) is 2. The van der Waals surface area contributed by atoms with Crippen molar-refractivity contribution in [1.82, 2.24) is 15.3 Å². The lowest BCUT2D eigenvalue weighted by molar-refractivity contribution is 0.195. The van der Waals surface area contributed by atoms with Gasteiger partial charge in [-0.3, -0.25) is 0 Å². The Morgan fingerprint density at radius 3 is 2.89 bits per heavy atom. The van der Waals surface area contributed by atoms with E-state index in [-0.39, 0.29) is 0 Å². The van der Waals surface area contributed by atoms with E-state index in [1.54, 1.807) is 0 Å². The Balaban J connectivity index is 2.16. The molecule has 0 unspecified atom stereocenters. The second-order valence-corrected chi connectivity index (χ2v) is 4.78. The molecule has 0 bridgehead atoms. The van der Waals surface area contributed by atoms with Gasteiger partial charge in [0.25, 0.3) is 0 Å². The quantitative estimate of drug-likeness (QED) is 0.751. The number of carbonyl (C=O) groups is 1. The predicted octanol–water partition coefficient (Wildman–Crippen LogP) is 2.38. The Bertz CT molecular complexity index is 618. The molecule has 0 spiro atoms. The maximum atomic E-state index is 10.3. The van der Waals surface area contributed by atoms with Crippen LogP contribution in [-0.4, -0.2) is 34.3 Å². The minimum Gasteiger partial charge on any atom is -0.465 e. The number of fused-ring (bicyclic) bond motifs is 1. The molecule has 1 aromatic heterocycles. The minimum atomic E-state index is -1.04. The summed E-state index contributed by atoms with van der Waals surface area (Å²) in [6, 6.07) is 5.71. The lowest BCUT2D eigenvalue weighted by Crippen LogP contribution is -2.27. The number of benzene rings is 1. The van der Waals surface area contributed by atoms with E-state index in [1.165, 1.54) is 0 Å². The SMILES string of the molecule is Cc1nc2cccc(Br)c2nc1NCCNC(=O)O. The van der Waals surface area contributed by atoms with Crippen LogP contribution < -0.4 is 10.6 Å². The highest BCUT2D eigenvalue weighted by Crippen LogP contribution is 2.23. The molecule has 6 nitrogen and oxygen atoms in total. The van der Waals surface area contributed by atoms with E-state index in [0.29, 0.717) is 18.9 Å². The summed E-state index contributed by atoms with van der Waals surface area (Å²) in [5, 5.41) is 13.8. The number of rotatable bonds is 4. The molecular formula is C12H13BrN4O2. The van der Waals surface area contributed by atoms with Crippen molar-refractivity contribution in [3.8, 4) is 0 Å². The molecule has 0 saturated carbocycles. The normalized spacial score (nSPS) is 10.4. The van der Waals surface area contributed by atoms with Crippen LogP contribution >= 0.6 is 15.9 Å². The zero-order valence-corrected chi connectivity index (χ0v) is 11.9. The standard InChI is InChI=1S/C12H13BrN4O2/c1-7-11(14-5-6-15-12(18)19)17-10-8(13)3-2-4-9(10)16-7/h2-4,15H,5-6H2,1H3,(H,14,17)(H,18,19). The first-order chi connectivity index (χ1) is 9.08. The summed E-state index contributed by atoms with van der Waals surface area (Å²) in [5.41, 5.74) is 2.38. The van der Waals surface area contributed by atoms with E-state index in [1.807, 2.05) is 25.1 Å². The van der Waals surface area contributed by atoms with Crippen LogP contribution in [0.15, 0.2) is 22.7 Å². The van der Waals surface area contributed by atoms with E-state index in [2.05, 4.69) is 36.5 Å². The van der Waals surface area contributed by atoms with Crippen molar-refractivity contribution >= 4 is 38.9 Å². The first-order valence-electron chi connectivity index (χ1n) is 5.71. The molecule has 100 valence electrons. The Kier molecular flexibility index (Phi) is 4.16. The maximum absolute atomic E-state index is 10.3. The average Bonchev–Trinajstić information content (AvgIpc) is 2.35. The fourth-order valence-corrected chi connectivity index (χ4v) is 2.09. The highest BCUT2D eigenvalue weighted by molar-refractivity contribution is 9.10. The van der Waals surface area contributed by atoms with Crippen LogP contribution in [0.25, 0.3) is 11.0 Å². The monoisotopic (exact) mass is 324 g/mol. The van der Waals surface area contributed by atoms with E-state index in [9.17, 15) is 4.79 Å². The largest absolute Gasteiger partial charge is 0.465 e. The Morgan fingerprint density at radius 2 is 2.16 bits per heavy atom. The van der Waals surface area contributed by atoms with Crippen molar-refractivity contribution in [3.05, 3.63) is 28.4 Å². The van der Waals surface area contributed by atoms with Crippen molar-refractivity contribution < 1.29 is 9.90 Å². The van der Waals surface area contributed by atoms with Gasteiger partial charge in [-0.2, -0.15) is 0 Å². The van der Waals surface area contributed by atoms with Crippen molar-refractivity contribution in [3.63, 3.8) is 0 Å². The molecule has 0 atom stereocenters. The molecule has 0 radical (unpaired) electrons. The number of hydrogen-bond donors (Lipinski definition) is 3. The van der Waals surface area contributed by atoms with Crippen molar-refractivity contribution in [2.75, 3.05) is 18.4 Å². The molecule has 1 aromatic carbocycles. The second kappa shape index (κ2) is 5.83. The zero-order chi connectivity index (χ0) is 13.8. The number of aromatic nitrogens is 2. The van der Waals surface area contributed by atoms with Crippen molar-refractivity contribution in [2.24, 2.45) is 0 Å². The van der Waals surface area contributed by atoms with Gasteiger partial charge in [0, 0.05) is 17.6 Å². The summed E-state index contributed by atoms with van der Waals surface area (Å²) in [7, 11) is 0. The number of anilines is 1. The lowest BCUT2D eigenvalue weighted by Gasteiger charge is -2.09. The lowest BCUT2D eigenvalue weighted by atomic mass is 10.3. The van der Waals surface area contributed by atoms with Crippen LogP contribution in [-0.2, 0) is 0 Å². The second-order valence-electron chi connectivity index (χ2n) is 3.92. The number of aryl methyl sites for hydroxylation is 1. The van der Waals surface area contributed by atoms with Gasteiger partial charge < -0.3 is 15.7 Å². The van der Waals surface area contributed by atoms with E-state index < -0.39 is 6.09 Å². The van der Waals surface area contributed by atoms with Gasteiger partial charge in [0.1, 0.15) is 11.3 Å². The molecule has 0 aliphatic carbocycles. The smallest absolute Gasteiger partial charge is 0.404 e. The van der Waals surface area contributed by atoms with E-state index >= 15 is 0 Å². The summed E-state index contributed by atoms with van der Waals surface area (Å²) < 4.78 is 0.879. The third kappa shape index (κ3) is 3.31. The van der Waals surface area contributed by atoms with Gasteiger partial charge in [-0.25, -0.2) is 14.8 Å². The first kappa shape index (κ1) is 13.5. The molecule has 2 aromatic rings. The number of para-hydroxylation sites is 1. The molecule has 3 N–H and O–H groups in total. The summed E-state index contributed by atoms with van der Waals surface area (Å²) >= 11 is 3.44. The highest BCUT2D eigenvalue weighted by atomic mass is 79.9. The fraction of sp³-hybridized carbons (Fsp3) is 0.250. The van der Waals surface area contributed by atoms with Gasteiger partial charge >= 0.3 is 6.09 Å². The molecule has 0 aliphatic heterocycles. The van der Waals surface area contributed by atoms with Crippen LogP contribution in [0.5, 0.6) is 0 Å². The van der Waals surface area contributed by atoms with E-state index in [4.69, 9.17) is 5.11 Å². The Morgan fingerprint density at radius 1 is 1.37 bits per heavy atom. The maximum Gasteiger partial charge on any atom is 0.404 e. The third-order valence-corrected chi connectivity index (χ3v) is 3.15. The van der Waals surface area contributed by atoms with Gasteiger partial charge in [-0.1, -0.05) is 6.07 Å². The van der Waals surface area contributed by atoms with Crippen LogP contribution in [0, 0.1) is 6.92 Å². The zero-order valence-electron chi connectivity index (χ0n) is 10.3. The van der Waals surface area contributed by atoms with Gasteiger partial charge in [-0.15, -0.1) is 0 Å². The van der Waals surface area contributed by atoms with Gasteiger partial charge in [0.15, 0.2) is 0 Å². The van der Waals surface area contributed by atoms with Crippen molar-refractivity contribution in [2.45, 2.75) is 6.92 Å². The fourth-order valence-electron chi connectivity index (χ4n) is 1.65. The Labute approximate surface area is 118 Å². The number of amides is 1. The Hall–Kier alpha value is -1.89. The number of carboxylic acid groups (broad SMARTS) is 1.